The van der Waals surface area contributed by atoms with Crippen LogP contribution in [0.3, 0.4) is 0 Å². The van der Waals surface area contributed by atoms with Crippen molar-refractivity contribution in [3.05, 3.63) is 0 Å². The van der Waals surface area contributed by atoms with Gasteiger partial charge in [-0.05, 0) is 19.8 Å². The van der Waals surface area contributed by atoms with Crippen molar-refractivity contribution in [1.82, 2.24) is 5.32 Å². The molecule has 0 aromatic rings. The first-order chi connectivity index (χ1) is 6.02. The van der Waals surface area contributed by atoms with E-state index in [1.165, 1.54) is 6.92 Å². The second kappa shape index (κ2) is 5.56. The largest absolute Gasteiger partial charge is 0.480 e. The minimum Gasteiger partial charge on any atom is -0.480 e. The van der Waals surface area contributed by atoms with E-state index in [-0.39, 0.29) is 11.8 Å². The van der Waals surface area contributed by atoms with Gasteiger partial charge in [0, 0.05) is 5.92 Å². The van der Waals surface area contributed by atoms with Crippen molar-refractivity contribution in [2.24, 2.45) is 5.92 Å². The Balaban J connectivity index is 4.05. The average molecular weight is 187 g/mol. The van der Waals surface area contributed by atoms with E-state index in [0.29, 0.717) is 0 Å². The Hall–Kier alpha value is -1.06. The fourth-order valence-corrected chi connectivity index (χ4v) is 1.05. The maximum absolute atomic E-state index is 11.3. The van der Waals surface area contributed by atoms with Gasteiger partial charge in [0.15, 0.2) is 0 Å². The number of carbonyl (C=O) groups is 2. The molecule has 0 aromatic heterocycles. The van der Waals surface area contributed by atoms with Gasteiger partial charge >= 0.3 is 5.97 Å². The lowest BCUT2D eigenvalue weighted by Crippen LogP contribution is -2.41. The number of rotatable bonds is 5. The maximum Gasteiger partial charge on any atom is 0.325 e. The zero-order valence-corrected chi connectivity index (χ0v) is 8.33. The van der Waals surface area contributed by atoms with Crippen molar-refractivity contribution in [3.63, 3.8) is 0 Å². The smallest absolute Gasteiger partial charge is 0.325 e. The van der Waals surface area contributed by atoms with Crippen molar-refractivity contribution in [2.75, 3.05) is 0 Å². The molecule has 76 valence electrons. The normalized spacial score (nSPS) is 12.6. The van der Waals surface area contributed by atoms with E-state index in [1.807, 2.05) is 13.8 Å². The Morgan fingerprint density at radius 3 is 2.08 bits per heavy atom. The van der Waals surface area contributed by atoms with E-state index in [1.54, 1.807) is 0 Å². The van der Waals surface area contributed by atoms with Crippen molar-refractivity contribution in [1.29, 1.82) is 0 Å². The molecule has 0 radical (unpaired) electrons. The van der Waals surface area contributed by atoms with Gasteiger partial charge in [0.2, 0.25) is 5.91 Å². The van der Waals surface area contributed by atoms with E-state index in [2.05, 4.69) is 5.32 Å². The van der Waals surface area contributed by atoms with Gasteiger partial charge in [-0.3, -0.25) is 9.59 Å². The predicted molar refractivity (Wildman–Crippen MR) is 49.3 cm³/mol. The molecule has 2 N–H and O–H groups in total. The van der Waals surface area contributed by atoms with Crippen LogP contribution in [0.1, 0.15) is 33.6 Å². The van der Waals surface area contributed by atoms with E-state index < -0.39 is 12.0 Å². The molecule has 0 saturated heterocycles. The Morgan fingerprint density at radius 2 is 1.77 bits per heavy atom. The van der Waals surface area contributed by atoms with Gasteiger partial charge in [-0.15, -0.1) is 0 Å². The number of amides is 1. The summed E-state index contributed by atoms with van der Waals surface area (Å²) in [5.41, 5.74) is 0. The lowest BCUT2D eigenvalue weighted by molar-refractivity contribution is -0.142. The molecule has 4 nitrogen and oxygen atoms in total. The van der Waals surface area contributed by atoms with Gasteiger partial charge in [0.25, 0.3) is 0 Å². The molecule has 0 aliphatic rings. The molecule has 1 unspecified atom stereocenters. The summed E-state index contributed by atoms with van der Waals surface area (Å²) in [5, 5.41) is 11.0. The minimum atomic E-state index is -1.00. The third kappa shape index (κ3) is 3.92. The molecule has 13 heavy (non-hydrogen) atoms. The van der Waals surface area contributed by atoms with Crippen LogP contribution in [0.15, 0.2) is 0 Å². The number of carbonyl (C=O) groups excluding carboxylic acids is 1. The van der Waals surface area contributed by atoms with Crippen molar-refractivity contribution in [2.45, 2.75) is 39.7 Å². The fourth-order valence-electron chi connectivity index (χ4n) is 1.05. The summed E-state index contributed by atoms with van der Waals surface area (Å²) in [6.07, 6.45) is 1.49. The molecule has 0 fully saturated rings. The van der Waals surface area contributed by atoms with Crippen molar-refractivity contribution >= 4 is 11.9 Å². The molecular weight excluding hydrogens is 170 g/mol. The average Bonchev–Trinajstić information content (AvgIpc) is 2.06. The van der Waals surface area contributed by atoms with Gasteiger partial charge in [-0.1, -0.05) is 13.8 Å². The molecule has 0 bridgehead atoms. The SMILES string of the molecule is CCC(CC)C(=O)NC(C)C(=O)O. The molecule has 0 aliphatic carbocycles. The molecule has 0 saturated carbocycles. The number of nitrogens with one attached hydrogen (secondary N) is 1. The molecule has 0 aromatic carbocycles. The standard InChI is InChI=1S/C9H17NO3/c1-4-7(5-2)8(11)10-6(3)9(12)13/h6-7H,4-5H2,1-3H3,(H,10,11)(H,12,13). The molecule has 0 spiro atoms. The number of hydrogen-bond donors (Lipinski definition) is 2. The number of hydrogen-bond acceptors (Lipinski definition) is 2. The fraction of sp³-hybridized carbons (Fsp3) is 0.778. The topological polar surface area (TPSA) is 66.4 Å². The summed E-state index contributed by atoms with van der Waals surface area (Å²) in [4.78, 5) is 21.8. The van der Waals surface area contributed by atoms with Gasteiger partial charge < -0.3 is 10.4 Å². The van der Waals surface area contributed by atoms with E-state index in [4.69, 9.17) is 5.11 Å². The van der Waals surface area contributed by atoms with Crippen LogP contribution >= 0.6 is 0 Å². The lowest BCUT2D eigenvalue weighted by atomic mass is 10.0. The molecule has 1 amide bonds. The van der Waals surface area contributed by atoms with Crippen LogP contribution in [0.2, 0.25) is 0 Å². The summed E-state index contributed by atoms with van der Waals surface area (Å²) in [5.74, 6) is -1.24. The highest BCUT2D eigenvalue weighted by atomic mass is 16.4. The van der Waals surface area contributed by atoms with Crippen LogP contribution in [-0.4, -0.2) is 23.0 Å². The predicted octanol–water partition coefficient (Wildman–Crippen LogP) is 1.01. The molecule has 4 heteroatoms. The first kappa shape index (κ1) is 11.9. The number of carboxylic acid groups (broad SMARTS) is 1. The monoisotopic (exact) mass is 187 g/mol. The highest BCUT2D eigenvalue weighted by Gasteiger charge is 2.19. The van der Waals surface area contributed by atoms with Crippen LogP contribution in [-0.2, 0) is 9.59 Å². The minimum absolute atomic E-state index is 0.0678. The number of aliphatic carboxylic acids is 1. The van der Waals surface area contributed by atoms with Crippen molar-refractivity contribution < 1.29 is 14.7 Å². The van der Waals surface area contributed by atoms with Crippen LogP contribution in [0.25, 0.3) is 0 Å². The Bertz CT molecular complexity index is 187. The van der Waals surface area contributed by atoms with Crippen LogP contribution in [0, 0.1) is 5.92 Å². The highest BCUT2D eigenvalue weighted by molar-refractivity contribution is 5.84. The van der Waals surface area contributed by atoms with Gasteiger partial charge in [0.05, 0.1) is 0 Å². The second-order valence-corrected chi connectivity index (χ2v) is 3.08. The third-order valence-electron chi connectivity index (χ3n) is 2.09. The van der Waals surface area contributed by atoms with Gasteiger partial charge in [-0.25, -0.2) is 0 Å². The molecule has 1 atom stereocenters. The van der Waals surface area contributed by atoms with Gasteiger partial charge in [-0.2, -0.15) is 0 Å². The summed E-state index contributed by atoms with van der Waals surface area (Å²) in [7, 11) is 0. The van der Waals surface area contributed by atoms with Crippen molar-refractivity contribution in [3.8, 4) is 0 Å². The Labute approximate surface area is 78.3 Å². The van der Waals surface area contributed by atoms with E-state index >= 15 is 0 Å². The molecular formula is C9H17NO3. The van der Waals surface area contributed by atoms with Gasteiger partial charge in [0.1, 0.15) is 6.04 Å². The van der Waals surface area contributed by atoms with Crippen LogP contribution < -0.4 is 5.32 Å². The van der Waals surface area contributed by atoms with E-state index in [0.717, 1.165) is 12.8 Å². The van der Waals surface area contributed by atoms with Crippen LogP contribution in [0.5, 0.6) is 0 Å². The second-order valence-electron chi connectivity index (χ2n) is 3.08. The van der Waals surface area contributed by atoms with E-state index in [9.17, 15) is 9.59 Å². The summed E-state index contributed by atoms with van der Waals surface area (Å²) in [6.45, 7) is 5.29. The zero-order valence-electron chi connectivity index (χ0n) is 8.33. The lowest BCUT2D eigenvalue weighted by Gasteiger charge is -2.15. The summed E-state index contributed by atoms with van der Waals surface area (Å²) >= 11 is 0. The van der Waals surface area contributed by atoms with Crippen LogP contribution in [0.4, 0.5) is 0 Å². The summed E-state index contributed by atoms with van der Waals surface area (Å²) in [6, 6.07) is -0.798. The molecule has 0 rings (SSSR count). The molecule has 0 aliphatic heterocycles. The first-order valence-corrected chi connectivity index (χ1v) is 4.56. The maximum atomic E-state index is 11.3. The zero-order chi connectivity index (χ0) is 10.4. The quantitative estimate of drug-likeness (QED) is 0.675. The summed E-state index contributed by atoms with van der Waals surface area (Å²) < 4.78 is 0. The first-order valence-electron chi connectivity index (χ1n) is 4.56. The third-order valence-corrected chi connectivity index (χ3v) is 2.09. The highest BCUT2D eigenvalue weighted by Crippen LogP contribution is 2.07. The Kier molecular flexibility index (Phi) is 5.11. The Morgan fingerprint density at radius 1 is 1.31 bits per heavy atom. The number of carboxylic acids is 1. The molecule has 0 heterocycles.